The maximum Gasteiger partial charge on any atom is 0.267 e. The molecule has 1 aromatic carbocycles. The summed E-state index contributed by atoms with van der Waals surface area (Å²) in [6, 6.07) is 10.2. The summed E-state index contributed by atoms with van der Waals surface area (Å²) >= 11 is 0. The molecule has 0 unspecified atom stereocenters. The van der Waals surface area contributed by atoms with Crippen LogP contribution in [0.1, 0.15) is 5.56 Å². The first-order valence-electron chi connectivity index (χ1n) is 4.56. The Balaban J connectivity index is 2.54. The summed E-state index contributed by atoms with van der Waals surface area (Å²) in [5.41, 5.74) is 0.925. The van der Waals surface area contributed by atoms with E-state index in [1.54, 1.807) is 48.8 Å². The van der Waals surface area contributed by atoms with Gasteiger partial charge in [-0.15, -0.1) is 0 Å². The highest BCUT2D eigenvalue weighted by Crippen LogP contribution is 2.13. The van der Waals surface area contributed by atoms with E-state index in [9.17, 15) is 8.42 Å². The zero-order valence-corrected chi connectivity index (χ0v) is 9.11. The maximum atomic E-state index is 12.0. The lowest BCUT2D eigenvalue weighted by molar-refractivity contribution is 0.587. The van der Waals surface area contributed by atoms with Gasteiger partial charge in [-0.05, 0) is 30.7 Å². The van der Waals surface area contributed by atoms with E-state index in [1.807, 2.05) is 6.92 Å². The molecule has 4 heteroatoms. The van der Waals surface area contributed by atoms with Gasteiger partial charge in [-0.2, -0.15) is 0 Å². The molecule has 78 valence electrons. The molecule has 0 atom stereocenters. The molecule has 0 aliphatic rings. The van der Waals surface area contributed by atoms with Crippen LogP contribution in [0.2, 0.25) is 0 Å². The SMILES string of the molecule is Cc1ccn(S(=O)(=O)c2ccccc2)c1. The molecule has 0 amide bonds. The Morgan fingerprint density at radius 2 is 1.73 bits per heavy atom. The molecule has 0 aliphatic heterocycles. The monoisotopic (exact) mass is 221 g/mol. The summed E-state index contributed by atoms with van der Waals surface area (Å²) in [5.74, 6) is 0. The van der Waals surface area contributed by atoms with Crippen LogP contribution < -0.4 is 0 Å². The maximum absolute atomic E-state index is 12.0. The Labute approximate surface area is 89.0 Å². The fourth-order valence-corrected chi connectivity index (χ4v) is 2.61. The first-order valence-corrected chi connectivity index (χ1v) is 6.00. The molecule has 0 saturated heterocycles. The highest BCUT2D eigenvalue weighted by Gasteiger charge is 2.14. The van der Waals surface area contributed by atoms with Crippen LogP contribution in [0.15, 0.2) is 53.7 Å². The Kier molecular flexibility index (Phi) is 2.36. The van der Waals surface area contributed by atoms with Crippen molar-refractivity contribution in [1.29, 1.82) is 0 Å². The Morgan fingerprint density at radius 3 is 2.27 bits per heavy atom. The smallest absolute Gasteiger partial charge is 0.249 e. The van der Waals surface area contributed by atoms with Gasteiger partial charge in [0.15, 0.2) is 0 Å². The molecule has 1 heterocycles. The second-order valence-corrected chi connectivity index (χ2v) is 5.18. The van der Waals surface area contributed by atoms with Crippen LogP contribution >= 0.6 is 0 Å². The highest BCUT2D eigenvalue weighted by molar-refractivity contribution is 7.90. The molecule has 1 aromatic heterocycles. The number of aryl methyl sites for hydroxylation is 1. The van der Waals surface area contributed by atoms with E-state index >= 15 is 0 Å². The summed E-state index contributed by atoms with van der Waals surface area (Å²) in [4.78, 5) is 0.306. The van der Waals surface area contributed by atoms with E-state index in [2.05, 4.69) is 0 Å². The van der Waals surface area contributed by atoms with Gasteiger partial charge >= 0.3 is 0 Å². The predicted octanol–water partition coefficient (Wildman–Crippen LogP) is 2.03. The number of nitrogens with zero attached hydrogens (tertiary/aromatic N) is 1. The van der Waals surface area contributed by atoms with Crippen molar-refractivity contribution in [3.63, 3.8) is 0 Å². The van der Waals surface area contributed by atoms with Gasteiger partial charge in [-0.3, -0.25) is 0 Å². The van der Waals surface area contributed by atoms with Crippen LogP contribution in [0.4, 0.5) is 0 Å². The average Bonchev–Trinajstić information content (AvgIpc) is 2.67. The largest absolute Gasteiger partial charge is 0.267 e. The topological polar surface area (TPSA) is 39.1 Å². The van der Waals surface area contributed by atoms with Crippen LogP contribution in [-0.4, -0.2) is 12.4 Å². The summed E-state index contributed by atoms with van der Waals surface area (Å²) in [5, 5.41) is 0. The van der Waals surface area contributed by atoms with Gasteiger partial charge in [0.25, 0.3) is 10.0 Å². The van der Waals surface area contributed by atoms with Gasteiger partial charge in [0.1, 0.15) is 0 Å². The molecule has 0 bridgehead atoms. The third-order valence-corrected chi connectivity index (χ3v) is 3.78. The molecule has 0 fully saturated rings. The molecule has 0 N–H and O–H groups in total. The molecular weight excluding hydrogens is 210 g/mol. The second-order valence-electron chi connectivity index (χ2n) is 3.34. The molecule has 2 aromatic rings. The van der Waals surface area contributed by atoms with Gasteiger partial charge in [-0.1, -0.05) is 18.2 Å². The zero-order valence-electron chi connectivity index (χ0n) is 8.29. The molecule has 0 radical (unpaired) electrons. The van der Waals surface area contributed by atoms with Crippen LogP contribution in [0.3, 0.4) is 0 Å². The first kappa shape index (κ1) is 9.98. The van der Waals surface area contributed by atoms with Gasteiger partial charge in [0.2, 0.25) is 0 Å². The fraction of sp³-hybridized carbons (Fsp3) is 0.0909. The molecule has 3 nitrogen and oxygen atoms in total. The number of hydrogen-bond donors (Lipinski definition) is 0. The summed E-state index contributed by atoms with van der Waals surface area (Å²) in [6.07, 6.45) is 3.15. The number of aromatic nitrogens is 1. The van der Waals surface area contributed by atoms with Gasteiger partial charge in [-0.25, -0.2) is 12.4 Å². The van der Waals surface area contributed by atoms with Crippen molar-refractivity contribution in [3.8, 4) is 0 Å². The van der Waals surface area contributed by atoms with Gasteiger partial charge in [0, 0.05) is 12.4 Å². The standard InChI is InChI=1S/C11H11NO2S/c1-10-7-8-12(9-10)15(13,14)11-5-3-2-4-6-11/h2-9H,1H3. The van der Waals surface area contributed by atoms with E-state index in [-0.39, 0.29) is 0 Å². The Bertz CT molecular complexity index is 555. The number of rotatable bonds is 2. The van der Waals surface area contributed by atoms with Crippen molar-refractivity contribution in [2.75, 3.05) is 0 Å². The average molecular weight is 221 g/mol. The van der Waals surface area contributed by atoms with Crippen molar-refractivity contribution in [1.82, 2.24) is 3.97 Å². The van der Waals surface area contributed by atoms with E-state index in [0.29, 0.717) is 4.90 Å². The summed E-state index contributed by atoms with van der Waals surface area (Å²) in [6.45, 7) is 1.86. The van der Waals surface area contributed by atoms with Crippen molar-refractivity contribution < 1.29 is 8.42 Å². The summed E-state index contributed by atoms with van der Waals surface area (Å²) < 4.78 is 25.3. The van der Waals surface area contributed by atoms with Crippen LogP contribution in [0.5, 0.6) is 0 Å². The zero-order chi connectivity index (χ0) is 10.9. The first-order chi connectivity index (χ1) is 7.10. The lowest BCUT2D eigenvalue weighted by Crippen LogP contribution is -2.10. The van der Waals surface area contributed by atoms with Crippen LogP contribution in [-0.2, 0) is 10.0 Å². The minimum absolute atomic E-state index is 0.306. The third-order valence-electron chi connectivity index (χ3n) is 2.13. The second kappa shape index (κ2) is 3.55. The van der Waals surface area contributed by atoms with Crippen LogP contribution in [0.25, 0.3) is 0 Å². The van der Waals surface area contributed by atoms with Gasteiger partial charge in [0.05, 0.1) is 4.90 Å². The lowest BCUT2D eigenvalue weighted by Gasteiger charge is -2.04. The highest BCUT2D eigenvalue weighted by atomic mass is 32.2. The lowest BCUT2D eigenvalue weighted by atomic mass is 10.4. The van der Waals surface area contributed by atoms with E-state index < -0.39 is 10.0 Å². The number of hydrogen-bond acceptors (Lipinski definition) is 2. The number of benzene rings is 1. The summed E-state index contributed by atoms with van der Waals surface area (Å²) in [7, 11) is -3.40. The minimum atomic E-state index is -3.40. The van der Waals surface area contributed by atoms with Crippen LogP contribution in [0, 0.1) is 6.92 Å². The van der Waals surface area contributed by atoms with Gasteiger partial charge < -0.3 is 0 Å². The van der Waals surface area contributed by atoms with Crippen molar-refractivity contribution in [2.45, 2.75) is 11.8 Å². The van der Waals surface area contributed by atoms with Crippen molar-refractivity contribution >= 4 is 10.0 Å². The predicted molar refractivity (Wildman–Crippen MR) is 58.2 cm³/mol. The fourth-order valence-electron chi connectivity index (χ4n) is 1.34. The van der Waals surface area contributed by atoms with E-state index in [4.69, 9.17) is 0 Å². The third kappa shape index (κ3) is 1.80. The molecule has 0 spiro atoms. The quantitative estimate of drug-likeness (QED) is 0.778. The van der Waals surface area contributed by atoms with Crippen molar-refractivity contribution in [2.24, 2.45) is 0 Å². The van der Waals surface area contributed by atoms with Crippen molar-refractivity contribution in [3.05, 3.63) is 54.4 Å². The molecular formula is C11H11NO2S. The molecule has 0 aliphatic carbocycles. The molecule has 2 rings (SSSR count). The van der Waals surface area contributed by atoms with E-state index in [1.165, 1.54) is 3.97 Å². The Hall–Kier alpha value is -1.55. The van der Waals surface area contributed by atoms with E-state index in [0.717, 1.165) is 5.56 Å². The normalized spacial score (nSPS) is 11.5. The molecule has 15 heavy (non-hydrogen) atoms. The Morgan fingerprint density at radius 1 is 1.07 bits per heavy atom. The minimum Gasteiger partial charge on any atom is -0.249 e. The molecule has 0 saturated carbocycles.